The van der Waals surface area contributed by atoms with Crippen LogP contribution in [-0.4, -0.2) is 31.2 Å². The molecule has 0 unspecified atom stereocenters. The summed E-state index contributed by atoms with van der Waals surface area (Å²) in [6.45, 7) is 2.03. The Balaban J connectivity index is 1.67. The summed E-state index contributed by atoms with van der Waals surface area (Å²) in [7, 11) is 0. The lowest BCUT2D eigenvalue weighted by atomic mass is 10.2. The van der Waals surface area contributed by atoms with Gasteiger partial charge in [-0.15, -0.1) is 0 Å². The number of alkyl halides is 3. The van der Waals surface area contributed by atoms with E-state index in [2.05, 4.69) is 4.98 Å². The molecule has 3 rings (SSSR count). The minimum atomic E-state index is -4.41. The van der Waals surface area contributed by atoms with Gasteiger partial charge < -0.3 is 9.80 Å². The normalized spacial score (nSPS) is 15.2. The van der Waals surface area contributed by atoms with Gasteiger partial charge in [-0.3, -0.25) is 0 Å². The van der Waals surface area contributed by atoms with Crippen LogP contribution >= 0.6 is 0 Å². The minimum absolute atomic E-state index is 0.258. The monoisotopic (exact) mass is 350 g/mol. The molecule has 0 bridgehead atoms. The topological polar surface area (TPSA) is 43.2 Å². The predicted octanol–water partition coefficient (Wildman–Crippen LogP) is 3.44. The molecule has 0 saturated carbocycles. The lowest BCUT2D eigenvalue weighted by Crippen LogP contribution is -2.47. The number of rotatable bonds is 2. The zero-order valence-corrected chi connectivity index (χ0v) is 13.1. The van der Waals surface area contributed by atoms with E-state index in [9.17, 15) is 17.6 Å². The Labute approximate surface area is 141 Å². The summed E-state index contributed by atoms with van der Waals surface area (Å²) in [4.78, 5) is 7.59. The van der Waals surface area contributed by atoms with Crippen molar-refractivity contribution in [1.82, 2.24) is 4.98 Å². The van der Waals surface area contributed by atoms with E-state index in [1.54, 1.807) is 12.1 Å². The third-order valence-corrected chi connectivity index (χ3v) is 4.10. The first kappa shape index (κ1) is 17.0. The van der Waals surface area contributed by atoms with Crippen LogP contribution in [0.25, 0.3) is 0 Å². The number of nitrogens with zero attached hydrogens (tertiary/aromatic N) is 4. The molecule has 1 fully saturated rings. The zero-order valence-electron chi connectivity index (χ0n) is 13.1. The van der Waals surface area contributed by atoms with Crippen LogP contribution in [0.2, 0.25) is 0 Å². The molecule has 0 atom stereocenters. The van der Waals surface area contributed by atoms with Gasteiger partial charge in [-0.1, -0.05) is 0 Å². The first-order chi connectivity index (χ1) is 11.9. The van der Waals surface area contributed by atoms with Gasteiger partial charge >= 0.3 is 6.18 Å². The molecule has 8 heteroatoms. The van der Waals surface area contributed by atoms with Gasteiger partial charge in [-0.05, 0) is 30.3 Å². The van der Waals surface area contributed by atoms with Crippen LogP contribution in [0.1, 0.15) is 11.1 Å². The van der Waals surface area contributed by atoms with Gasteiger partial charge in [0.2, 0.25) is 0 Å². The molecule has 0 aliphatic carbocycles. The molecular formula is C17H14F4N4. The van der Waals surface area contributed by atoms with E-state index in [-0.39, 0.29) is 5.56 Å². The summed E-state index contributed by atoms with van der Waals surface area (Å²) in [5, 5.41) is 8.78. The molecule has 0 spiro atoms. The summed E-state index contributed by atoms with van der Waals surface area (Å²) in [6.07, 6.45) is -3.58. The Hall–Kier alpha value is -2.82. The molecular weight excluding hydrogens is 336 g/mol. The van der Waals surface area contributed by atoms with Crippen LogP contribution in [0.5, 0.6) is 0 Å². The fourth-order valence-corrected chi connectivity index (χ4v) is 2.75. The van der Waals surface area contributed by atoms with Crippen molar-refractivity contribution in [1.29, 1.82) is 5.26 Å². The van der Waals surface area contributed by atoms with Gasteiger partial charge in [-0.25, -0.2) is 9.37 Å². The number of benzene rings is 1. The highest BCUT2D eigenvalue weighted by molar-refractivity contribution is 5.53. The number of aromatic nitrogens is 1. The molecule has 0 amide bonds. The van der Waals surface area contributed by atoms with Gasteiger partial charge in [0.1, 0.15) is 11.6 Å². The van der Waals surface area contributed by atoms with Crippen molar-refractivity contribution < 1.29 is 17.6 Å². The lowest BCUT2D eigenvalue weighted by molar-refractivity contribution is -0.137. The van der Waals surface area contributed by atoms with Gasteiger partial charge in [0.15, 0.2) is 0 Å². The Morgan fingerprint density at radius 1 is 1.00 bits per heavy atom. The second kappa shape index (κ2) is 6.59. The van der Waals surface area contributed by atoms with E-state index in [4.69, 9.17) is 5.26 Å². The highest BCUT2D eigenvalue weighted by Gasteiger charge is 2.31. The Morgan fingerprint density at radius 2 is 1.68 bits per heavy atom. The van der Waals surface area contributed by atoms with E-state index in [0.29, 0.717) is 37.7 Å². The van der Waals surface area contributed by atoms with E-state index in [1.165, 1.54) is 12.1 Å². The van der Waals surface area contributed by atoms with E-state index < -0.39 is 17.6 Å². The van der Waals surface area contributed by atoms with Gasteiger partial charge in [0.05, 0.1) is 22.9 Å². The fraction of sp³-hybridized carbons (Fsp3) is 0.294. The van der Waals surface area contributed by atoms with Crippen molar-refractivity contribution in [2.45, 2.75) is 6.18 Å². The van der Waals surface area contributed by atoms with Crippen molar-refractivity contribution >= 4 is 11.5 Å². The minimum Gasteiger partial charge on any atom is -0.366 e. The summed E-state index contributed by atoms with van der Waals surface area (Å²) in [5.41, 5.74) is -0.109. The van der Waals surface area contributed by atoms with Crippen molar-refractivity contribution in [2.24, 2.45) is 0 Å². The van der Waals surface area contributed by atoms with Gasteiger partial charge in [-0.2, -0.15) is 18.4 Å². The molecule has 130 valence electrons. The first-order valence-corrected chi connectivity index (χ1v) is 7.61. The Kier molecular flexibility index (Phi) is 4.49. The molecule has 0 radical (unpaired) electrons. The summed E-state index contributed by atoms with van der Waals surface area (Å²) < 4.78 is 51.8. The molecule has 1 aromatic carbocycles. The fourth-order valence-electron chi connectivity index (χ4n) is 2.75. The van der Waals surface area contributed by atoms with Gasteiger partial charge in [0.25, 0.3) is 0 Å². The highest BCUT2D eigenvalue weighted by atomic mass is 19.4. The second-order valence-corrected chi connectivity index (χ2v) is 5.65. The molecule has 4 nitrogen and oxygen atoms in total. The van der Waals surface area contributed by atoms with Crippen molar-refractivity contribution in [3.63, 3.8) is 0 Å². The van der Waals surface area contributed by atoms with Crippen LogP contribution < -0.4 is 9.80 Å². The average Bonchev–Trinajstić information content (AvgIpc) is 2.61. The van der Waals surface area contributed by atoms with Crippen LogP contribution in [0, 0.1) is 17.1 Å². The number of hydrogen-bond acceptors (Lipinski definition) is 4. The first-order valence-electron chi connectivity index (χ1n) is 7.61. The number of pyridine rings is 1. The number of anilines is 2. The lowest BCUT2D eigenvalue weighted by Gasteiger charge is -2.36. The maximum atomic E-state index is 14.1. The van der Waals surface area contributed by atoms with Crippen LogP contribution in [0.3, 0.4) is 0 Å². The van der Waals surface area contributed by atoms with Crippen LogP contribution in [-0.2, 0) is 6.18 Å². The Morgan fingerprint density at radius 3 is 2.20 bits per heavy atom. The molecule has 25 heavy (non-hydrogen) atoms. The van der Waals surface area contributed by atoms with E-state index in [0.717, 1.165) is 12.3 Å². The standard InChI is InChI=1S/C17H14F4N4/c18-14-9-12(10-22)1-3-15(14)24-5-7-25(8-6-24)16-4-2-13(11-23-16)17(19,20)21/h1-4,9,11H,5-8H2. The molecule has 2 heterocycles. The number of halogens is 4. The molecule has 1 aliphatic rings. The summed E-state index contributed by atoms with van der Waals surface area (Å²) in [6, 6.07) is 8.56. The molecule has 2 aromatic rings. The van der Waals surface area contributed by atoms with Crippen molar-refractivity contribution in [3.05, 3.63) is 53.5 Å². The molecule has 0 N–H and O–H groups in total. The number of nitriles is 1. The zero-order chi connectivity index (χ0) is 18.0. The molecule has 1 aromatic heterocycles. The molecule has 1 saturated heterocycles. The maximum absolute atomic E-state index is 14.1. The summed E-state index contributed by atoms with van der Waals surface area (Å²) in [5.74, 6) is 0.00751. The van der Waals surface area contributed by atoms with E-state index >= 15 is 0 Å². The second-order valence-electron chi connectivity index (χ2n) is 5.65. The molecule has 1 aliphatic heterocycles. The predicted molar refractivity (Wildman–Crippen MR) is 84.8 cm³/mol. The largest absolute Gasteiger partial charge is 0.417 e. The number of hydrogen-bond donors (Lipinski definition) is 0. The quantitative estimate of drug-likeness (QED) is 0.779. The van der Waals surface area contributed by atoms with Crippen LogP contribution in [0.4, 0.5) is 29.1 Å². The smallest absolute Gasteiger partial charge is 0.366 e. The van der Waals surface area contributed by atoms with E-state index in [1.807, 2.05) is 15.9 Å². The van der Waals surface area contributed by atoms with Crippen LogP contribution in [0.15, 0.2) is 36.5 Å². The Bertz CT molecular complexity index is 788. The maximum Gasteiger partial charge on any atom is 0.417 e. The van der Waals surface area contributed by atoms with Gasteiger partial charge in [0, 0.05) is 32.4 Å². The third kappa shape index (κ3) is 3.65. The number of piperazine rings is 1. The third-order valence-electron chi connectivity index (χ3n) is 4.10. The average molecular weight is 350 g/mol. The summed E-state index contributed by atoms with van der Waals surface area (Å²) >= 11 is 0. The highest BCUT2D eigenvalue weighted by Crippen LogP contribution is 2.30. The SMILES string of the molecule is N#Cc1ccc(N2CCN(c3ccc(C(F)(F)F)cn3)CC2)c(F)c1. The van der Waals surface area contributed by atoms with Crippen molar-refractivity contribution in [3.8, 4) is 6.07 Å². The van der Waals surface area contributed by atoms with Crippen molar-refractivity contribution in [2.75, 3.05) is 36.0 Å².